The van der Waals surface area contributed by atoms with E-state index in [9.17, 15) is 19.7 Å². The summed E-state index contributed by atoms with van der Waals surface area (Å²) in [5.74, 6) is 0. The Morgan fingerprint density at radius 1 is 1.04 bits per heavy atom. The number of benzene rings is 1. The zero-order valence-electron chi connectivity index (χ0n) is 15.0. The van der Waals surface area contributed by atoms with E-state index < -0.39 is 28.3 Å². The van der Waals surface area contributed by atoms with Gasteiger partial charge in [0.05, 0.1) is 10.6 Å². The second kappa shape index (κ2) is 7.38. The van der Waals surface area contributed by atoms with Crippen LogP contribution in [0.4, 0.5) is 21.0 Å². The smallest absolute Gasteiger partial charge is 0.424 e. The molecule has 138 valence electrons. The Hall–Kier alpha value is -2.16. The number of anilines is 1. The Kier molecular flexibility index (Phi) is 6.17. The first kappa shape index (κ1) is 20.9. The normalized spacial score (nSPS) is 11.6. The molecule has 2 amide bonds. The van der Waals surface area contributed by atoms with Gasteiger partial charge in [-0.2, -0.15) is 4.90 Å². The third-order valence-corrected chi connectivity index (χ3v) is 3.20. The molecule has 25 heavy (non-hydrogen) atoms. The molecule has 0 saturated carbocycles. The summed E-state index contributed by atoms with van der Waals surface area (Å²) in [5.41, 5.74) is -2.07. The molecular weight excluding hydrogens is 396 g/mol. The van der Waals surface area contributed by atoms with Crippen LogP contribution in [0.1, 0.15) is 41.5 Å². The topological polar surface area (TPSA) is 99.0 Å². The predicted octanol–water partition coefficient (Wildman–Crippen LogP) is 5.03. The van der Waals surface area contributed by atoms with Crippen molar-refractivity contribution in [2.45, 2.75) is 52.7 Å². The van der Waals surface area contributed by atoms with Crippen molar-refractivity contribution in [3.63, 3.8) is 0 Å². The van der Waals surface area contributed by atoms with Gasteiger partial charge in [0.1, 0.15) is 11.2 Å². The Balaban J connectivity index is 3.41. The summed E-state index contributed by atoms with van der Waals surface area (Å²) >= 11 is 3.20. The number of amides is 2. The quantitative estimate of drug-likeness (QED) is 0.494. The predicted molar refractivity (Wildman–Crippen MR) is 95.7 cm³/mol. The molecule has 9 heteroatoms. The van der Waals surface area contributed by atoms with Gasteiger partial charge in [-0.25, -0.2) is 9.59 Å². The average Bonchev–Trinajstić information content (AvgIpc) is 2.36. The maximum absolute atomic E-state index is 12.5. The van der Waals surface area contributed by atoms with Crippen LogP contribution < -0.4 is 4.90 Å². The van der Waals surface area contributed by atoms with Crippen LogP contribution in [0.5, 0.6) is 0 Å². The molecule has 0 aromatic heterocycles. The number of ether oxygens (including phenoxy) is 2. The van der Waals surface area contributed by atoms with Crippen LogP contribution in [0.25, 0.3) is 0 Å². The molecule has 0 radical (unpaired) electrons. The summed E-state index contributed by atoms with van der Waals surface area (Å²) in [5, 5.41) is 11.0. The Morgan fingerprint density at radius 3 is 1.84 bits per heavy atom. The van der Waals surface area contributed by atoms with Crippen LogP contribution in [0.2, 0.25) is 0 Å². The zero-order valence-corrected chi connectivity index (χ0v) is 16.5. The van der Waals surface area contributed by atoms with Crippen molar-refractivity contribution in [3.05, 3.63) is 32.8 Å². The zero-order chi connectivity index (χ0) is 19.6. The third kappa shape index (κ3) is 6.33. The molecule has 0 saturated heterocycles. The number of nitrogens with zero attached hydrogens (tertiary/aromatic N) is 2. The number of carbonyl (C=O) groups excluding carboxylic acids is 2. The molecule has 0 aliphatic heterocycles. The lowest BCUT2D eigenvalue weighted by Crippen LogP contribution is -2.44. The number of halogens is 1. The van der Waals surface area contributed by atoms with Gasteiger partial charge in [-0.1, -0.05) is 0 Å². The van der Waals surface area contributed by atoms with E-state index in [0.29, 0.717) is 9.37 Å². The number of rotatable bonds is 2. The van der Waals surface area contributed by atoms with Crippen molar-refractivity contribution >= 4 is 39.5 Å². The van der Waals surface area contributed by atoms with Gasteiger partial charge in [0.2, 0.25) is 0 Å². The Labute approximate surface area is 154 Å². The number of non-ortho nitro benzene ring substituents is 1. The van der Waals surface area contributed by atoms with Crippen molar-refractivity contribution in [3.8, 4) is 0 Å². The van der Waals surface area contributed by atoms with Crippen molar-refractivity contribution < 1.29 is 24.0 Å². The fourth-order valence-electron chi connectivity index (χ4n) is 1.67. The first-order chi connectivity index (χ1) is 11.2. The summed E-state index contributed by atoms with van der Waals surface area (Å²) in [6.45, 7) is 9.84. The van der Waals surface area contributed by atoms with Crippen LogP contribution in [0.3, 0.4) is 0 Å². The molecule has 1 rings (SSSR count). The lowest BCUT2D eigenvalue weighted by atomic mass is 10.2. The van der Waals surface area contributed by atoms with Gasteiger partial charge >= 0.3 is 12.2 Å². The van der Waals surface area contributed by atoms with Crippen molar-refractivity contribution in [1.82, 2.24) is 0 Å². The van der Waals surface area contributed by atoms with Gasteiger partial charge in [0.25, 0.3) is 5.69 Å². The van der Waals surface area contributed by atoms with Crippen LogP contribution in [-0.2, 0) is 9.47 Å². The number of nitro benzene ring substituents is 1. The number of hydrogen-bond acceptors (Lipinski definition) is 6. The number of hydrogen-bond donors (Lipinski definition) is 0. The van der Waals surface area contributed by atoms with Crippen LogP contribution in [0.15, 0.2) is 22.7 Å². The van der Waals surface area contributed by atoms with Crippen LogP contribution in [-0.4, -0.2) is 28.3 Å². The first-order valence-electron chi connectivity index (χ1n) is 7.41. The minimum atomic E-state index is -0.997. The number of nitro groups is 1. The van der Waals surface area contributed by atoms with E-state index in [-0.39, 0.29) is 11.4 Å². The van der Waals surface area contributed by atoms with Crippen molar-refractivity contribution in [2.75, 3.05) is 4.90 Å². The maximum atomic E-state index is 12.5. The minimum Gasteiger partial charge on any atom is -0.443 e. The average molecular weight is 417 g/mol. The van der Waals surface area contributed by atoms with Crippen LogP contribution >= 0.6 is 15.9 Å². The highest BCUT2D eigenvalue weighted by Gasteiger charge is 2.34. The molecule has 0 aliphatic carbocycles. The number of carbonyl (C=O) groups is 2. The summed E-state index contributed by atoms with van der Waals surface area (Å²) < 4.78 is 10.8. The van der Waals surface area contributed by atoms with Gasteiger partial charge < -0.3 is 9.47 Å². The molecule has 0 unspecified atom stereocenters. The lowest BCUT2D eigenvalue weighted by Gasteiger charge is -2.29. The van der Waals surface area contributed by atoms with Crippen molar-refractivity contribution in [2.24, 2.45) is 0 Å². The molecule has 0 spiro atoms. The highest BCUT2D eigenvalue weighted by molar-refractivity contribution is 9.10. The van der Waals surface area contributed by atoms with E-state index in [2.05, 4.69) is 15.9 Å². The van der Waals surface area contributed by atoms with Gasteiger partial charge in [-0.05, 0) is 63.5 Å². The summed E-state index contributed by atoms with van der Waals surface area (Å²) in [4.78, 5) is 36.1. The summed E-state index contributed by atoms with van der Waals surface area (Å²) in [6, 6.07) is 3.71. The highest BCUT2D eigenvalue weighted by atomic mass is 79.9. The molecule has 1 aromatic rings. The summed E-state index contributed by atoms with van der Waals surface area (Å²) in [7, 11) is 0. The second-order valence-electron chi connectivity index (χ2n) is 7.19. The minimum absolute atomic E-state index is 0.0438. The molecule has 0 atom stereocenters. The Bertz CT molecular complexity index is 663. The number of imide groups is 1. The molecule has 0 N–H and O–H groups in total. The molecule has 0 aliphatic rings. The first-order valence-corrected chi connectivity index (χ1v) is 8.20. The van der Waals surface area contributed by atoms with E-state index >= 15 is 0 Å². The second-order valence-corrected chi connectivity index (χ2v) is 8.04. The lowest BCUT2D eigenvalue weighted by molar-refractivity contribution is -0.384. The fraction of sp³-hybridized carbons (Fsp3) is 0.500. The van der Waals surface area contributed by atoms with Gasteiger partial charge in [0, 0.05) is 16.6 Å². The fourth-order valence-corrected chi connectivity index (χ4v) is 2.10. The van der Waals surface area contributed by atoms with Gasteiger partial charge in [0.15, 0.2) is 0 Å². The molecule has 8 nitrogen and oxygen atoms in total. The molecule has 0 fully saturated rings. The maximum Gasteiger partial charge on any atom is 0.424 e. The summed E-state index contributed by atoms with van der Waals surface area (Å²) in [6.07, 6.45) is -1.99. The van der Waals surface area contributed by atoms with Gasteiger partial charge in [-0.3, -0.25) is 10.1 Å². The molecular formula is C16H21BrN2O6. The molecule has 0 bridgehead atoms. The monoisotopic (exact) mass is 416 g/mol. The van der Waals surface area contributed by atoms with E-state index in [4.69, 9.17) is 9.47 Å². The van der Waals surface area contributed by atoms with Crippen LogP contribution in [0, 0.1) is 10.1 Å². The SMILES string of the molecule is CC(C)(C)OC(=O)N(C(=O)OC(C)(C)C)c1cc([N+](=O)[O-])ccc1Br. The third-order valence-electron chi connectivity index (χ3n) is 2.53. The Morgan fingerprint density at radius 2 is 1.48 bits per heavy atom. The van der Waals surface area contributed by atoms with E-state index in [0.717, 1.165) is 6.07 Å². The van der Waals surface area contributed by atoms with Gasteiger partial charge in [-0.15, -0.1) is 0 Å². The highest BCUT2D eigenvalue weighted by Crippen LogP contribution is 2.32. The molecule has 1 aromatic carbocycles. The van der Waals surface area contributed by atoms with E-state index in [1.807, 2.05) is 0 Å². The molecule has 0 heterocycles. The largest absolute Gasteiger partial charge is 0.443 e. The van der Waals surface area contributed by atoms with Crippen molar-refractivity contribution in [1.29, 1.82) is 0 Å². The van der Waals surface area contributed by atoms with E-state index in [1.165, 1.54) is 12.1 Å². The van der Waals surface area contributed by atoms with E-state index in [1.54, 1.807) is 41.5 Å². The standard InChI is InChI=1S/C16H21BrN2O6/c1-15(2,3)24-13(20)18(14(21)25-16(4,5)6)12-9-10(19(22)23)7-8-11(12)17/h7-9H,1-6H3.